The Morgan fingerprint density at radius 2 is 1.79 bits per heavy atom. The number of anilines is 1. The number of amides is 1. The number of fused-ring (bicyclic) bond motifs is 1. The molecule has 5 nitrogen and oxygen atoms in total. The monoisotopic (exact) mass is 466 g/mol. The van der Waals surface area contributed by atoms with Crippen LogP contribution in [0.1, 0.15) is 10.6 Å². The Morgan fingerprint density at radius 3 is 2.59 bits per heavy atom. The van der Waals surface area contributed by atoms with Gasteiger partial charge < -0.3 is 14.8 Å². The lowest BCUT2D eigenvalue weighted by Crippen LogP contribution is -2.33. The van der Waals surface area contributed by atoms with Crippen LogP contribution >= 0.6 is 28.1 Å². The van der Waals surface area contributed by atoms with Crippen molar-refractivity contribution in [1.29, 1.82) is 0 Å². The number of hydrogen-bond acceptors (Lipinski definition) is 4. The predicted octanol–water partition coefficient (Wildman–Crippen LogP) is 5.69. The van der Waals surface area contributed by atoms with Gasteiger partial charge in [-0.15, -0.1) is 0 Å². The average Bonchev–Trinajstić information content (AvgIpc) is 3.19. The van der Waals surface area contributed by atoms with E-state index in [4.69, 9.17) is 16.6 Å². The lowest BCUT2D eigenvalue weighted by molar-refractivity contribution is 0.0951. The second-order valence-corrected chi connectivity index (χ2v) is 7.61. The number of phenols is 1. The highest BCUT2D eigenvalue weighted by atomic mass is 79.9. The van der Waals surface area contributed by atoms with Gasteiger partial charge in [-0.25, -0.2) is 0 Å². The van der Waals surface area contributed by atoms with Crippen LogP contribution in [0.25, 0.3) is 22.1 Å². The van der Waals surface area contributed by atoms with E-state index in [2.05, 4.69) is 26.6 Å². The number of thiocarbonyl (C=S) groups is 1. The van der Waals surface area contributed by atoms with E-state index in [1.807, 2.05) is 42.5 Å². The van der Waals surface area contributed by atoms with Gasteiger partial charge >= 0.3 is 0 Å². The maximum absolute atomic E-state index is 12.5. The Kier molecular flexibility index (Phi) is 5.33. The normalized spacial score (nSPS) is 10.7. The second kappa shape index (κ2) is 8.06. The molecule has 0 spiro atoms. The minimum Gasteiger partial charge on any atom is -0.508 e. The van der Waals surface area contributed by atoms with Crippen LogP contribution in [0.4, 0.5) is 5.69 Å². The molecule has 0 saturated carbocycles. The largest absolute Gasteiger partial charge is 0.508 e. The van der Waals surface area contributed by atoms with Crippen LogP contribution in [-0.4, -0.2) is 16.1 Å². The van der Waals surface area contributed by atoms with E-state index in [0.717, 1.165) is 26.5 Å². The summed E-state index contributed by atoms with van der Waals surface area (Å²) in [6, 6.07) is 21.6. The average molecular weight is 467 g/mol. The van der Waals surface area contributed by atoms with Crippen LogP contribution in [-0.2, 0) is 0 Å². The van der Waals surface area contributed by atoms with E-state index in [9.17, 15) is 9.90 Å². The highest BCUT2D eigenvalue weighted by molar-refractivity contribution is 9.10. The number of benzene rings is 3. The van der Waals surface area contributed by atoms with Crippen LogP contribution in [0, 0.1) is 0 Å². The fourth-order valence-corrected chi connectivity index (χ4v) is 3.39. The molecular weight excluding hydrogens is 452 g/mol. The van der Waals surface area contributed by atoms with Crippen molar-refractivity contribution in [1.82, 2.24) is 5.32 Å². The molecule has 0 fully saturated rings. The Bertz CT molecular complexity index is 1220. The zero-order chi connectivity index (χ0) is 20.4. The van der Waals surface area contributed by atoms with Gasteiger partial charge in [0.25, 0.3) is 5.91 Å². The third kappa shape index (κ3) is 4.31. The van der Waals surface area contributed by atoms with Crippen LogP contribution in [0.3, 0.4) is 0 Å². The smallest absolute Gasteiger partial charge is 0.293 e. The van der Waals surface area contributed by atoms with Gasteiger partial charge in [0, 0.05) is 21.1 Å². The Labute approximate surface area is 180 Å². The van der Waals surface area contributed by atoms with Crippen molar-refractivity contribution in [2.24, 2.45) is 0 Å². The SMILES string of the molecule is O=C(NC(=S)Nc1cccc2cc(O)ccc12)c1ccc(-c2ccc(Br)cc2)o1. The van der Waals surface area contributed by atoms with Crippen LogP contribution < -0.4 is 10.6 Å². The predicted molar refractivity (Wildman–Crippen MR) is 121 cm³/mol. The molecule has 0 bridgehead atoms. The number of carbonyl (C=O) groups is 1. The first-order valence-corrected chi connectivity index (χ1v) is 9.89. The molecule has 0 aliphatic carbocycles. The van der Waals surface area contributed by atoms with Crippen LogP contribution in [0.2, 0.25) is 0 Å². The van der Waals surface area contributed by atoms with Crippen molar-refractivity contribution in [2.75, 3.05) is 5.32 Å². The molecule has 3 aromatic carbocycles. The minimum atomic E-state index is -0.441. The Balaban J connectivity index is 1.47. The fraction of sp³-hybridized carbons (Fsp3) is 0. The Morgan fingerprint density at radius 1 is 1.00 bits per heavy atom. The lowest BCUT2D eigenvalue weighted by Gasteiger charge is -2.11. The van der Waals surface area contributed by atoms with Gasteiger partial charge in [-0.1, -0.05) is 40.2 Å². The molecule has 4 aromatic rings. The minimum absolute atomic E-state index is 0.150. The first-order valence-electron chi connectivity index (χ1n) is 8.69. The number of rotatable bonds is 3. The molecule has 1 heterocycles. The number of aromatic hydroxyl groups is 1. The van der Waals surface area contributed by atoms with Gasteiger partial charge in [0.15, 0.2) is 10.9 Å². The summed E-state index contributed by atoms with van der Waals surface area (Å²) in [4.78, 5) is 12.5. The standard InChI is InChI=1S/C22H15BrN2O3S/c23-15-6-4-13(5-7-15)19-10-11-20(28-19)21(27)25-22(29)24-18-3-1-2-14-12-16(26)8-9-17(14)18/h1-12,26H,(H2,24,25,27,29). The second-order valence-electron chi connectivity index (χ2n) is 6.29. The molecule has 0 saturated heterocycles. The zero-order valence-electron chi connectivity index (χ0n) is 15.0. The summed E-state index contributed by atoms with van der Waals surface area (Å²) in [6.07, 6.45) is 0. The zero-order valence-corrected chi connectivity index (χ0v) is 17.4. The number of halogens is 1. The fourth-order valence-electron chi connectivity index (χ4n) is 2.93. The topological polar surface area (TPSA) is 74.5 Å². The number of furan rings is 1. The van der Waals surface area contributed by atoms with Crippen molar-refractivity contribution in [2.45, 2.75) is 0 Å². The van der Waals surface area contributed by atoms with E-state index in [-0.39, 0.29) is 16.6 Å². The summed E-state index contributed by atoms with van der Waals surface area (Å²) in [5, 5.41) is 17.2. The molecule has 29 heavy (non-hydrogen) atoms. The summed E-state index contributed by atoms with van der Waals surface area (Å²) >= 11 is 8.67. The summed E-state index contributed by atoms with van der Waals surface area (Å²) in [6.45, 7) is 0. The number of carbonyl (C=O) groups excluding carboxylic acids is 1. The van der Waals surface area contributed by atoms with E-state index in [0.29, 0.717) is 5.76 Å². The quantitative estimate of drug-likeness (QED) is 0.338. The van der Waals surface area contributed by atoms with E-state index in [1.54, 1.807) is 30.3 Å². The van der Waals surface area contributed by atoms with Crippen LogP contribution in [0.15, 0.2) is 81.7 Å². The maximum atomic E-state index is 12.5. The molecule has 3 N–H and O–H groups in total. The van der Waals surface area contributed by atoms with Crippen molar-refractivity contribution >= 4 is 55.6 Å². The van der Waals surface area contributed by atoms with Gasteiger partial charge in [0.2, 0.25) is 0 Å². The number of nitrogens with one attached hydrogen (secondary N) is 2. The molecule has 0 aliphatic heterocycles. The maximum Gasteiger partial charge on any atom is 0.293 e. The van der Waals surface area contributed by atoms with Crippen molar-refractivity contribution in [3.05, 3.63) is 83.0 Å². The molecule has 1 amide bonds. The molecule has 1 aromatic heterocycles. The van der Waals surface area contributed by atoms with E-state index in [1.165, 1.54) is 0 Å². The molecule has 144 valence electrons. The summed E-state index contributed by atoms with van der Waals surface area (Å²) < 4.78 is 6.63. The molecular formula is C22H15BrN2O3S. The molecule has 0 aliphatic rings. The van der Waals surface area contributed by atoms with Gasteiger partial charge in [-0.05, 0) is 66.1 Å². The third-order valence-corrected chi connectivity index (χ3v) is 5.03. The van der Waals surface area contributed by atoms with E-state index >= 15 is 0 Å². The summed E-state index contributed by atoms with van der Waals surface area (Å²) in [5.74, 6) is 0.499. The van der Waals surface area contributed by atoms with Crippen molar-refractivity contribution < 1.29 is 14.3 Å². The van der Waals surface area contributed by atoms with E-state index < -0.39 is 5.91 Å². The highest BCUT2D eigenvalue weighted by Gasteiger charge is 2.14. The molecule has 0 atom stereocenters. The van der Waals surface area contributed by atoms with Gasteiger partial charge in [-0.3, -0.25) is 10.1 Å². The van der Waals surface area contributed by atoms with Gasteiger partial charge in [-0.2, -0.15) is 0 Å². The first-order chi connectivity index (χ1) is 14.0. The first kappa shape index (κ1) is 19.2. The Hall–Kier alpha value is -3.16. The summed E-state index contributed by atoms with van der Waals surface area (Å²) in [7, 11) is 0. The third-order valence-electron chi connectivity index (χ3n) is 4.30. The molecule has 7 heteroatoms. The van der Waals surface area contributed by atoms with Crippen LogP contribution in [0.5, 0.6) is 5.75 Å². The molecule has 0 unspecified atom stereocenters. The molecule has 0 radical (unpaired) electrons. The van der Waals surface area contributed by atoms with Crippen molar-refractivity contribution in [3.63, 3.8) is 0 Å². The number of phenolic OH excluding ortho intramolecular Hbond substituents is 1. The van der Waals surface area contributed by atoms with Gasteiger partial charge in [0.05, 0.1) is 0 Å². The lowest BCUT2D eigenvalue weighted by atomic mass is 10.1. The highest BCUT2D eigenvalue weighted by Crippen LogP contribution is 2.27. The van der Waals surface area contributed by atoms with Gasteiger partial charge in [0.1, 0.15) is 11.5 Å². The molecule has 4 rings (SSSR count). The summed E-state index contributed by atoms with van der Waals surface area (Å²) in [5.41, 5.74) is 1.59. The number of hydrogen-bond donors (Lipinski definition) is 3. The van der Waals surface area contributed by atoms with Crippen molar-refractivity contribution in [3.8, 4) is 17.1 Å².